The lowest BCUT2D eigenvalue weighted by Gasteiger charge is -2.19. The summed E-state index contributed by atoms with van der Waals surface area (Å²) in [5.41, 5.74) is 2.30. The number of aromatic nitrogens is 7. The molecular weight excluding hydrogens is 885 g/mol. The maximum Gasteiger partial charge on any atom is 0.416 e. The molecule has 11 aromatic rings. The van der Waals surface area contributed by atoms with Gasteiger partial charge in [-0.15, -0.1) is 0 Å². The molecule has 0 aliphatic carbocycles. The molecule has 0 radical (unpaired) electrons. The minimum Gasteiger partial charge on any atom is -0.309 e. The smallest absolute Gasteiger partial charge is 0.309 e. The van der Waals surface area contributed by atoms with E-state index in [-0.39, 0.29) is 28.7 Å². The molecule has 0 atom stereocenters. The molecule has 11 rings (SSSR count). The van der Waals surface area contributed by atoms with Crippen LogP contribution in [-0.2, 0) is 12.4 Å². The fraction of sp³-hybridized carbons (Fsp3) is 0.0357. The molecule has 0 aliphatic heterocycles. The highest BCUT2D eigenvalue weighted by Crippen LogP contribution is 2.43. The largest absolute Gasteiger partial charge is 0.416 e. The van der Waals surface area contributed by atoms with E-state index in [1.54, 1.807) is 12.1 Å². The lowest BCUT2D eigenvalue weighted by atomic mass is 9.96. The Morgan fingerprint density at radius 2 is 0.652 bits per heavy atom. The zero-order valence-electron chi connectivity index (χ0n) is 36.0. The van der Waals surface area contributed by atoms with Crippen molar-refractivity contribution in [3.8, 4) is 85.1 Å². The fourth-order valence-corrected chi connectivity index (χ4v) is 8.45. The third-order valence-electron chi connectivity index (χ3n) is 11.7. The van der Waals surface area contributed by atoms with Crippen molar-refractivity contribution in [2.24, 2.45) is 0 Å². The molecule has 0 amide bonds. The van der Waals surface area contributed by atoms with Crippen LogP contribution in [0.5, 0.6) is 0 Å². The van der Waals surface area contributed by atoms with Gasteiger partial charge < -0.3 is 4.57 Å². The van der Waals surface area contributed by atoms with Crippen LogP contribution in [0.25, 0.3) is 107 Å². The van der Waals surface area contributed by atoms with Gasteiger partial charge in [0.1, 0.15) is 0 Å². The number of para-hydroxylation sites is 1. The van der Waals surface area contributed by atoms with Crippen LogP contribution in [0.3, 0.4) is 0 Å². The highest BCUT2D eigenvalue weighted by atomic mass is 19.4. The standard InChI is InChI=1S/C56H33F6N7/c57-55(58,59)41-29-40(30-42(33-41)56(60,61)62)43-27-25-38(53-65-49(34-15-5-1-6-16-34)63-50(66-53)35-17-7-2-8-18-35)31-47(43)69-46-24-14-13-23-44(46)45-28-26-39(32-48(45)69)54-67-51(36-19-9-3-10-20-36)64-52(68-54)37-21-11-4-12-22-37/h1-33H. The minimum atomic E-state index is -5.09. The first-order valence-electron chi connectivity index (χ1n) is 21.7. The molecule has 3 heterocycles. The Bertz CT molecular complexity index is 3540. The summed E-state index contributed by atoms with van der Waals surface area (Å²) in [6, 6.07) is 57.2. The Labute approximate surface area is 390 Å². The summed E-state index contributed by atoms with van der Waals surface area (Å²) in [6.45, 7) is 0. The average molecular weight is 918 g/mol. The van der Waals surface area contributed by atoms with Crippen molar-refractivity contribution in [3.05, 3.63) is 211 Å². The molecule has 3 aromatic heterocycles. The van der Waals surface area contributed by atoms with Crippen molar-refractivity contribution in [1.29, 1.82) is 0 Å². The normalized spacial score (nSPS) is 11.9. The van der Waals surface area contributed by atoms with Crippen LogP contribution in [-0.4, -0.2) is 34.5 Å². The van der Waals surface area contributed by atoms with Crippen LogP contribution in [0.2, 0.25) is 0 Å². The van der Waals surface area contributed by atoms with Gasteiger partial charge in [-0.05, 0) is 42.0 Å². The van der Waals surface area contributed by atoms with E-state index in [4.69, 9.17) is 29.9 Å². The van der Waals surface area contributed by atoms with E-state index in [2.05, 4.69) is 0 Å². The molecule has 7 nitrogen and oxygen atoms in total. The number of nitrogens with zero attached hydrogens (tertiary/aromatic N) is 7. The molecule has 8 aromatic carbocycles. The summed E-state index contributed by atoms with van der Waals surface area (Å²) >= 11 is 0. The van der Waals surface area contributed by atoms with E-state index in [1.165, 1.54) is 6.07 Å². The summed E-state index contributed by atoms with van der Waals surface area (Å²) in [5.74, 6) is 2.16. The number of hydrogen-bond acceptors (Lipinski definition) is 6. The van der Waals surface area contributed by atoms with E-state index >= 15 is 0 Å². The van der Waals surface area contributed by atoms with Crippen LogP contribution >= 0.6 is 0 Å². The molecule has 0 bridgehead atoms. The number of benzene rings is 8. The zero-order chi connectivity index (χ0) is 47.3. The number of hydrogen-bond donors (Lipinski definition) is 0. The van der Waals surface area contributed by atoms with Gasteiger partial charge in [-0.1, -0.05) is 164 Å². The molecule has 0 unspecified atom stereocenters. The summed E-state index contributed by atoms with van der Waals surface area (Å²) in [5, 5.41) is 1.53. The van der Waals surface area contributed by atoms with Crippen molar-refractivity contribution in [2.45, 2.75) is 12.4 Å². The van der Waals surface area contributed by atoms with E-state index in [9.17, 15) is 26.3 Å². The molecular formula is C56H33F6N7. The van der Waals surface area contributed by atoms with Gasteiger partial charge in [0.2, 0.25) is 0 Å². The summed E-state index contributed by atoms with van der Waals surface area (Å²) in [4.78, 5) is 29.4. The van der Waals surface area contributed by atoms with Crippen LogP contribution in [0, 0.1) is 0 Å². The molecule has 0 fully saturated rings. The fourth-order valence-electron chi connectivity index (χ4n) is 8.45. The lowest BCUT2D eigenvalue weighted by Crippen LogP contribution is -2.11. The minimum absolute atomic E-state index is 0.0851. The third-order valence-corrected chi connectivity index (χ3v) is 11.7. The zero-order valence-corrected chi connectivity index (χ0v) is 36.0. The van der Waals surface area contributed by atoms with Crippen molar-refractivity contribution < 1.29 is 26.3 Å². The second-order valence-corrected chi connectivity index (χ2v) is 16.2. The maximum absolute atomic E-state index is 14.6. The van der Waals surface area contributed by atoms with Gasteiger partial charge in [-0.3, -0.25) is 0 Å². The second kappa shape index (κ2) is 17.1. The van der Waals surface area contributed by atoms with Crippen LogP contribution in [0.1, 0.15) is 11.1 Å². The Balaban J connectivity index is 1.20. The summed E-state index contributed by atoms with van der Waals surface area (Å²) in [6.07, 6.45) is -10.2. The van der Waals surface area contributed by atoms with Crippen LogP contribution < -0.4 is 0 Å². The third kappa shape index (κ3) is 8.35. The average Bonchev–Trinajstić information content (AvgIpc) is 3.72. The van der Waals surface area contributed by atoms with E-state index < -0.39 is 23.5 Å². The summed E-state index contributed by atoms with van der Waals surface area (Å²) < 4.78 is 89.1. The SMILES string of the molecule is FC(F)(F)c1cc(-c2ccc(-c3nc(-c4ccccc4)nc(-c4ccccc4)n3)cc2-n2c3ccccc3c3ccc(-c4nc(-c5ccccc5)nc(-c5ccccc5)n4)cc32)cc(C(F)(F)F)c1. The van der Waals surface area contributed by atoms with Crippen molar-refractivity contribution in [1.82, 2.24) is 34.5 Å². The van der Waals surface area contributed by atoms with Crippen LogP contribution in [0.15, 0.2) is 200 Å². The molecule has 334 valence electrons. The van der Waals surface area contributed by atoms with Gasteiger partial charge in [0.15, 0.2) is 34.9 Å². The monoisotopic (exact) mass is 917 g/mol. The molecule has 13 heteroatoms. The van der Waals surface area contributed by atoms with Crippen LogP contribution in [0.4, 0.5) is 26.3 Å². The first-order chi connectivity index (χ1) is 33.4. The molecule has 0 saturated heterocycles. The Hall–Kier alpha value is -8.84. The quantitative estimate of drug-likeness (QED) is 0.141. The van der Waals surface area contributed by atoms with E-state index in [1.807, 2.05) is 168 Å². The van der Waals surface area contributed by atoms with Gasteiger partial charge in [0.25, 0.3) is 0 Å². The number of rotatable bonds is 8. The van der Waals surface area contributed by atoms with E-state index in [0.29, 0.717) is 62.4 Å². The predicted molar refractivity (Wildman–Crippen MR) is 256 cm³/mol. The van der Waals surface area contributed by atoms with Crippen molar-refractivity contribution in [3.63, 3.8) is 0 Å². The molecule has 0 N–H and O–H groups in total. The summed E-state index contributed by atoms with van der Waals surface area (Å²) in [7, 11) is 0. The van der Waals surface area contributed by atoms with Crippen molar-refractivity contribution in [2.75, 3.05) is 0 Å². The highest BCUT2D eigenvalue weighted by Gasteiger charge is 2.37. The topological polar surface area (TPSA) is 82.3 Å². The van der Waals surface area contributed by atoms with Gasteiger partial charge in [-0.25, -0.2) is 29.9 Å². The van der Waals surface area contributed by atoms with Crippen molar-refractivity contribution >= 4 is 21.8 Å². The first-order valence-corrected chi connectivity index (χ1v) is 21.7. The maximum atomic E-state index is 14.6. The van der Waals surface area contributed by atoms with Gasteiger partial charge in [0, 0.05) is 49.7 Å². The van der Waals surface area contributed by atoms with Gasteiger partial charge in [0.05, 0.1) is 27.8 Å². The lowest BCUT2D eigenvalue weighted by molar-refractivity contribution is -0.143. The van der Waals surface area contributed by atoms with E-state index in [0.717, 1.165) is 34.0 Å². The second-order valence-electron chi connectivity index (χ2n) is 16.2. The Morgan fingerprint density at radius 1 is 0.290 bits per heavy atom. The molecule has 69 heavy (non-hydrogen) atoms. The van der Waals surface area contributed by atoms with Gasteiger partial charge >= 0.3 is 12.4 Å². The number of fused-ring (bicyclic) bond motifs is 3. The molecule has 0 aliphatic rings. The number of alkyl halides is 6. The predicted octanol–water partition coefficient (Wildman–Crippen LogP) is 14.9. The molecule has 0 saturated carbocycles. The Morgan fingerprint density at radius 3 is 1.09 bits per heavy atom. The number of halogens is 6. The first kappa shape index (κ1) is 42.8. The Kier molecular flexibility index (Phi) is 10.6. The van der Waals surface area contributed by atoms with Gasteiger partial charge in [-0.2, -0.15) is 26.3 Å². The highest BCUT2D eigenvalue weighted by molar-refractivity contribution is 6.10. The molecule has 0 spiro atoms.